The number of fused-ring (bicyclic) bond motifs is 1. The van der Waals surface area contributed by atoms with E-state index in [1.807, 2.05) is 18.2 Å². The van der Waals surface area contributed by atoms with Crippen LogP contribution in [0.4, 0.5) is 0 Å². The molecule has 0 bridgehead atoms. The molecule has 2 aromatic rings. The number of benzene rings is 1. The third-order valence-electron chi connectivity index (χ3n) is 3.47. The molecular formula is C16H23N3O2. The predicted molar refractivity (Wildman–Crippen MR) is 83.6 cm³/mol. The highest BCUT2D eigenvalue weighted by Crippen LogP contribution is 2.19. The molecule has 5 nitrogen and oxygen atoms in total. The topological polar surface area (TPSA) is 56.1 Å². The van der Waals surface area contributed by atoms with Gasteiger partial charge < -0.3 is 14.6 Å². The summed E-state index contributed by atoms with van der Waals surface area (Å²) < 4.78 is 7.14. The molecule has 2 rings (SSSR count). The number of hydrogen-bond acceptors (Lipinski definition) is 3. The van der Waals surface area contributed by atoms with E-state index >= 15 is 0 Å². The number of aryl methyl sites for hydroxylation is 2. The summed E-state index contributed by atoms with van der Waals surface area (Å²) in [6.45, 7) is 6.18. The molecule has 0 atom stereocenters. The number of rotatable bonds is 7. The van der Waals surface area contributed by atoms with Gasteiger partial charge in [-0.2, -0.15) is 0 Å². The van der Waals surface area contributed by atoms with Gasteiger partial charge >= 0.3 is 0 Å². The van der Waals surface area contributed by atoms with Crippen molar-refractivity contribution in [2.75, 3.05) is 20.3 Å². The van der Waals surface area contributed by atoms with Gasteiger partial charge in [0.2, 0.25) is 0 Å². The molecule has 1 heterocycles. The van der Waals surface area contributed by atoms with Crippen LogP contribution in [0.5, 0.6) is 0 Å². The molecule has 0 spiro atoms. The summed E-state index contributed by atoms with van der Waals surface area (Å²) >= 11 is 0. The zero-order valence-electron chi connectivity index (χ0n) is 13.0. The molecule has 0 aliphatic carbocycles. The third-order valence-corrected chi connectivity index (χ3v) is 3.47. The Morgan fingerprint density at radius 3 is 2.86 bits per heavy atom. The van der Waals surface area contributed by atoms with Crippen LogP contribution in [0.15, 0.2) is 18.2 Å². The molecular weight excluding hydrogens is 266 g/mol. The van der Waals surface area contributed by atoms with Crippen molar-refractivity contribution in [3.05, 3.63) is 29.6 Å². The molecule has 114 valence electrons. The van der Waals surface area contributed by atoms with Crippen LogP contribution in [0.3, 0.4) is 0 Å². The highest BCUT2D eigenvalue weighted by molar-refractivity contribution is 5.97. The van der Waals surface area contributed by atoms with Crippen molar-refractivity contribution in [2.24, 2.45) is 0 Å². The Kier molecular flexibility index (Phi) is 5.33. The van der Waals surface area contributed by atoms with E-state index in [2.05, 4.69) is 28.7 Å². The first-order valence-corrected chi connectivity index (χ1v) is 7.47. The fraction of sp³-hybridized carbons (Fsp3) is 0.500. The van der Waals surface area contributed by atoms with E-state index in [9.17, 15) is 4.79 Å². The summed E-state index contributed by atoms with van der Waals surface area (Å²) in [5.41, 5.74) is 2.62. The van der Waals surface area contributed by atoms with Gasteiger partial charge in [-0.3, -0.25) is 4.79 Å². The first-order chi connectivity index (χ1) is 10.2. The van der Waals surface area contributed by atoms with Crippen LogP contribution in [0.2, 0.25) is 0 Å². The van der Waals surface area contributed by atoms with Crippen molar-refractivity contribution in [3.63, 3.8) is 0 Å². The zero-order valence-corrected chi connectivity index (χ0v) is 13.0. The standard InChI is InChI=1S/C16H23N3O2/c1-4-6-15-18-13-11-12(16(20)17-9-10-21-3)7-8-14(13)19(15)5-2/h7-8,11H,4-6,9-10H2,1-3H3,(H,17,20). The summed E-state index contributed by atoms with van der Waals surface area (Å²) in [4.78, 5) is 16.7. The largest absolute Gasteiger partial charge is 0.383 e. The van der Waals surface area contributed by atoms with Crippen LogP contribution < -0.4 is 5.32 Å². The van der Waals surface area contributed by atoms with Crippen molar-refractivity contribution in [3.8, 4) is 0 Å². The maximum absolute atomic E-state index is 12.0. The van der Waals surface area contributed by atoms with Gasteiger partial charge in [-0.25, -0.2) is 4.98 Å². The summed E-state index contributed by atoms with van der Waals surface area (Å²) in [6, 6.07) is 5.70. The highest BCUT2D eigenvalue weighted by Gasteiger charge is 2.12. The first kappa shape index (κ1) is 15.5. The van der Waals surface area contributed by atoms with Gasteiger partial charge in [0, 0.05) is 32.2 Å². The highest BCUT2D eigenvalue weighted by atomic mass is 16.5. The molecule has 0 saturated carbocycles. The molecule has 1 aromatic carbocycles. The van der Waals surface area contributed by atoms with Crippen LogP contribution in [0.1, 0.15) is 36.5 Å². The number of amides is 1. The van der Waals surface area contributed by atoms with E-state index in [4.69, 9.17) is 4.74 Å². The van der Waals surface area contributed by atoms with Gasteiger partial charge in [0.25, 0.3) is 5.91 Å². The van der Waals surface area contributed by atoms with Crippen LogP contribution in [0, 0.1) is 0 Å². The Bertz CT molecular complexity index is 619. The lowest BCUT2D eigenvalue weighted by Crippen LogP contribution is -2.26. The Balaban J connectivity index is 2.27. The fourth-order valence-electron chi connectivity index (χ4n) is 2.46. The minimum absolute atomic E-state index is 0.0861. The number of methoxy groups -OCH3 is 1. The molecule has 0 fully saturated rings. The van der Waals surface area contributed by atoms with E-state index < -0.39 is 0 Å². The van der Waals surface area contributed by atoms with Crippen molar-refractivity contribution < 1.29 is 9.53 Å². The fourth-order valence-corrected chi connectivity index (χ4v) is 2.46. The van der Waals surface area contributed by atoms with Crippen LogP contribution in [-0.4, -0.2) is 35.7 Å². The van der Waals surface area contributed by atoms with E-state index in [1.54, 1.807) is 7.11 Å². The van der Waals surface area contributed by atoms with E-state index in [0.717, 1.165) is 36.2 Å². The van der Waals surface area contributed by atoms with Gasteiger partial charge in [0.1, 0.15) is 5.82 Å². The van der Waals surface area contributed by atoms with Crippen molar-refractivity contribution >= 4 is 16.9 Å². The number of carbonyl (C=O) groups excluding carboxylic acids is 1. The molecule has 0 saturated heterocycles. The lowest BCUT2D eigenvalue weighted by atomic mass is 10.2. The van der Waals surface area contributed by atoms with Crippen molar-refractivity contribution in [2.45, 2.75) is 33.2 Å². The lowest BCUT2D eigenvalue weighted by Gasteiger charge is -2.06. The molecule has 5 heteroatoms. The maximum atomic E-state index is 12.0. The van der Waals surface area contributed by atoms with Crippen LogP contribution in [-0.2, 0) is 17.7 Å². The summed E-state index contributed by atoms with van der Waals surface area (Å²) in [5, 5.41) is 2.83. The second kappa shape index (κ2) is 7.22. The number of nitrogens with one attached hydrogen (secondary N) is 1. The monoisotopic (exact) mass is 289 g/mol. The number of aromatic nitrogens is 2. The number of hydrogen-bond donors (Lipinski definition) is 1. The molecule has 0 aliphatic heterocycles. The summed E-state index contributed by atoms with van der Waals surface area (Å²) in [6.07, 6.45) is 2.02. The Morgan fingerprint density at radius 2 is 2.19 bits per heavy atom. The average molecular weight is 289 g/mol. The molecule has 21 heavy (non-hydrogen) atoms. The summed E-state index contributed by atoms with van der Waals surface area (Å²) in [5.74, 6) is 1.00. The second-order valence-corrected chi connectivity index (χ2v) is 4.97. The van der Waals surface area contributed by atoms with E-state index in [-0.39, 0.29) is 5.91 Å². The molecule has 1 amide bonds. The minimum Gasteiger partial charge on any atom is -0.383 e. The normalized spacial score (nSPS) is 11.0. The average Bonchev–Trinajstić information content (AvgIpc) is 2.84. The summed E-state index contributed by atoms with van der Waals surface area (Å²) in [7, 11) is 1.62. The predicted octanol–water partition coefficient (Wildman–Crippen LogP) is 2.38. The second-order valence-electron chi connectivity index (χ2n) is 4.97. The third kappa shape index (κ3) is 3.42. The SMILES string of the molecule is CCCc1nc2cc(C(=O)NCCOC)ccc2n1CC. The van der Waals surface area contributed by atoms with E-state index in [1.165, 1.54) is 0 Å². The molecule has 0 unspecified atom stereocenters. The molecule has 1 N–H and O–H groups in total. The smallest absolute Gasteiger partial charge is 0.251 e. The quantitative estimate of drug-likeness (QED) is 0.796. The molecule has 1 aromatic heterocycles. The maximum Gasteiger partial charge on any atom is 0.251 e. The number of nitrogens with zero attached hydrogens (tertiary/aromatic N) is 2. The van der Waals surface area contributed by atoms with Gasteiger partial charge in [-0.1, -0.05) is 6.92 Å². The number of ether oxygens (including phenoxy) is 1. The Labute approximate surface area is 125 Å². The van der Waals surface area contributed by atoms with Crippen molar-refractivity contribution in [1.29, 1.82) is 0 Å². The van der Waals surface area contributed by atoms with Gasteiger partial charge in [0.15, 0.2) is 0 Å². The lowest BCUT2D eigenvalue weighted by molar-refractivity contribution is 0.0937. The minimum atomic E-state index is -0.0861. The first-order valence-electron chi connectivity index (χ1n) is 7.47. The van der Waals surface area contributed by atoms with Crippen LogP contribution >= 0.6 is 0 Å². The van der Waals surface area contributed by atoms with Gasteiger partial charge in [0.05, 0.1) is 17.6 Å². The van der Waals surface area contributed by atoms with Crippen molar-refractivity contribution in [1.82, 2.24) is 14.9 Å². The Morgan fingerprint density at radius 1 is 1.38 bits per heavy atom. The van der Waals surface area contributed by atoms with Gasteiger partial charge in [-0.05, 0) is 31.5 Å². The Hall–Kier alpha value is -1.88. The zero-order chi connectivity index (χ0) is 15.2. The molecule has 0 aliphatic rings. The van der Waals surface area contributed by atoms with Gasteiger partial charge in [-0.15, -0.1) is 0 Å². The van der Waals surface area contributed by atoms with Crippen LogP contribution in [0.25, 0.3) is 11.0 Å². The number of imidazole rings is 1. The number of carbonyl (C=O) groups is 1. The molecule has 0 radical (unpaired) electrons. The van der Waals surface area contributed by atoms with E-state index in [0.29, 0.717) is 18.7 Å².